The van der Waals surface area contributed by atoms with Gasteiger partial charge in [0.25, 0.3) is 10.2 Å². The number of hydrogen-bond acceptors (Lipinski definition) is 4. The minimum Gasteiger partial charge on any atom is -0.383 e. The van der Waals surface area contributed by atoms with Crippen molar-refractivity contribution >= 4 is 10.2 Å². The molecule has 0 amide bonds. The van der Waals surface area contributed by atoms with Crippen LogP contribution in [0.3, 0.4) is 0 Å². The maximum Gasteiger partial charge on any atom is 0.280 e. The highest BCUT2D eigenvalue weighted by Crippen LogP contribution is 2.35. The fraction of sp³-hybridized carbons (Fsp3) is 1.00. The van der Waals surface area contributed by atoms with Crippen LogP contribution >= 0.6 is 0 Å². The Morgan fingerprint density at radius 1 is 1.39 bits per heavy atom. The molecule has 18 heavy (non-hydrogen) atoms. The average Bonchev–Trinajstić information content (AvgIpc) is 2.79. The predicted octanol–water partition coefficient (Wildman–Crippen LogP) is 0.0606. The van der Waals surface area contributed by atoms with E-state index in [2.05, 4.69) is 4.72 Å². The summed E-state index contributed by atoms with van der Waals surface area (Å²) in [6, 6.07) is 0. The first-order valence-corrected chi connectivity index (χ1v) is 7.93. The number of hydrogen-bond donors (Lipinski definition) is 2. The van der Waals surface area contributed by atoms with Crippen molar-refractivity contribution in [3.63, 3.8) is 0 Å². The van der Waals surface area contributed by atoms with E-state index in [4.69, 9.17) is 10.5 Å². The molecular formula is C11H25N3O3S. The molecule has 0 atom stereocenters. The van der Waals surface area contributed by atoms with E-state index < -0.39 is 15.7 Å². The second-order valence-electron chi connectivity index (χ2n) is 4.69. The van der Waals surface area contributed by atoms with Gasteiger partial charge in [0.1, 0.15) is 0 Å². The summed E-state index contributed by atoms with van der Waals surface area (Å²) < 4.78 is 33.5. The van der Waals surface area contributed by atoms with Crippen molar-refractivity contribution in [3.05, 3.63) is 0 Å². The molecule has 7 heteroatoms. The number of nitrogens with two attached hydrogens (primary N) is 1. The summed E-state index contributed by atoms with van der Waals surface area (Å²) in [5, 5.41) is 0. The lowest BCUT2D eigenvalue weighted by molar-refractivity contribution is 0.192. The molecule has 0 saturated heterocycles. The Morgan fingerprint density at radius 2 is 2.00 bits per heavy atom. The predicted molar refractivity (Wildman–Crippen MR) is 71.4 cm³/mol. The monoisotopic (exact) mass is 279 g/mol. The van der Waals surface area contributed by atoms with Gasteiger partial charge in [0.05, 0.1) is 6.61 Å². The molecule has 1 rings (SSSR count). The third-order valence-electron chi connectivity index (χ3n) is 3.61. The molecule has 1 fully saturated rings. The molecule has 0 radical (unpaired) electrons. The Labute approximate surface area is 110 Å². The third kappa shape index (κ3) is 3.42. The number of likely N-dealkylation sites (N-methyl/N-ethyl adjacent to an activating group) is 1. The van der Waals surface area contributed by atoms with Gasteiger partial charge in [-0.25, -0.2) is 0 Å². The Balaban J connectivity index is 2.80. The standard InChI is InChI=1S/C11H25N3O3S/c1-3-14(11(10-12)6-4-5-7-11)18(15,16)13-8-9-17-2/h13H,3-10,12H2,1-2H3. The van der Waals surface area contributed by atoms with Crippen LogP contribution in [0.25, 0.3) is 0 Å². The van der Waals surface area contributed by atoms with E-state index in [1.165, 1.54) is 4.31 Å². The van der Waals surface area contributed by atoms with Crippen molar-refractivity contribution in [2.45, 2.75) is 38.1 Å². The van der Waals surface area contributed by atoms with Gasteiger partial charge in [0.15, 0.2) is 0 Å². The van der Waals surface area contributed by atoms with Gasteiger partial charge in [-0.15, -0.1) is 0 Å². The number of methoxy groups -OCH3 is 1. The zero-order valence-electron chi connectivity index (χ0n) is 11.3. The van der Waals surface area contributed by atoms with Crippen LogP contribution in [0, 0.1) is 0 Å². The molecule has 6 nitrogen and oxygen atoms in total. The van der Waals surface area contributed by atoms with Crippen LogP contribution in [0.1, 0.15) is 32.6 Å². The number of rotatable bonds is 8. The van der Waals surface area contributed by atoms with Crippen molar-refractivity contribution < 1.29 is 13.2 Å². The van der Waals surface area contributed by atoms with Gasteiger partial charge in [0, 0.05) is 32.3 Å². The zero-order chi connectivity index (χ0) is 13.6. The lowest BCUT2D eigenvalue weighted by Crippen LogP contribution is -2.57. The summed E-state index contributed by atoms with van der Waals surface area (Å²) in [6.45, 7) is 3.33. The van der Waals surface area contributed by atoms with Crippen LogP contribution in [0.5, 0.6) is 0 Å². The molecule has 1 aliphatic rings. The van der Waals surface area contributed by atoms with E-state index >= 15 is 0 Å². The van der Waals surface area contributed by atoms with E-state index in [9.17, 15) is 8.42 Å². The summed E-state index contributed by atoms with van der Waals surface area (Å²) in [4.78, 5) is 0. The van der Waals surface area contributed by atoms with Crippen molar-refractivity contribution in [2.75, 3.05) is 33.4 Å². The van der Waals surface area contributed by atoms with Crippen LogP contribution in [0.15, 0.2) is 0 Å². The molecule has 0 aliphatic heterocycles. The number of nitrogens with one attached hydrogen (secondary N) is 1. The summed E-state index contributed by atoms with van der Waals surface area (Å²) >= 11 is 0. The molecule has 0 aromatic rings. The highest BCUT2D eigenvalue weighted by molar-refractivity contribution is 7.87. The van der Waals surface area contributed by atoms with Gasteiger partial charge in [-0.05, 0) is 12.8 Å². The first-order chi connectivity index (χ1) is 8.52. The van der Waals surface area contributed by atoms with Gasteiger partial charge in [0.2, 0.25) is 0 Å². The molecule has 1 saturated carbocycles. The molecule has 0 aromatic heterocycles. The van der Waals surface area contributed by atoms with Crippen LogP contribution < -0.4 is 10.5 Å². The Kier molecular flexibility index (Phi) is 6.00. The molecule has 0 unspecified atom stereocenters. The fourth-order valence-electron chi connectivity index (χ4n) is 2.70. The molecular weight excluding hydrogens is 254 g/mol. The zero-order valence-corrected chi connectivity index (χ0v) is 12.1. The summed E-state index contributed by atoms with van der Waals surface area (Å²) in [5.41, 5.74) is 5.44. The largest absolute Gasteiger partial charge is 0.383 e. The van der Waals surface area contributed by atoms with Gasteiger partial charge in [-0.2, -0.15) is 17.4 Å². The Hall–Kier alpha value is -0.210. The molecule has 108 valence electrons. The van der Waals surface area contributed by atoms with E-state index in [-0.39, 0.29) is 6.54 Å². The fourth-order valence-corrected chi connectivity index (χ4v) is 4.30. The van der Waals surface area contributed by atoms with E-state index in [1.807, 2.05) is 6.92 Å². The highest BCUT2D eigenvalue weighted by atomic mass is 32.2. The SMILES string of the molecule is CCN(C1(CN)CCCC1)S(=O)(=O)NCCOC. The van der Waals surface area contributed by atoms with Crippen LogP contribution in [-0.2, 0) is 14.9 Å². The lowest BCUT2D eigenvalue weighted by atomic mass is 9.98. The normalized spacial score (nSPS) is 19.6. The van der Waals surface area contributed by atoms with Crippen LogP contribution in [0.4, 0.5) is 0 Å². The van der Waals surface area contributed by atoms with Gasteiger partial charge >= 0.3 is 0 Å². The topological polar surface area (TPSA) is 84.7 Å². The molecule has 0 bridgehead atoms. The first kappa shape index (κ1) is 15.8. The third-order valence-corrected chi connectivity index (χ3v) is 5.41. The Bertz CT molecular complexity index is 339. The van der Waals surface area contributed by atoms with Gasteiger partial charge in [-0.1, -0.05) is 19.8 Å². The minimum absolute atomic E-state index is 0.288. The van der Waals surface area contributed by atoms with Crippen LogP contribution in [-0.4, -0.2) is 51.6 Å². The van der Waals surface area contributed by atoms with Gasteiger partial charge in [-0.3, -0.25) is 0 Å². The smallest absolute Gasteiger partial charge is 0.280 e. The second kappa shape index (κ2) is 6.81. The molecule has 1 aliphatic carbocycles. The quantitative estimate of drug-likeness (QED) is 0.615. The lowest BCUT2D eigenvalue weighted by Gasteiger charge is -2.38. The second-order valence-corrected chi connectivity index (χ2v) is 6.37. The van der Waals surface area contributed by atoms with Crippen molar-refractivity contribution in [1.82, 2.24) is 9.03 Å². The van der Waals surface area contributed by atoms with Crippen molar-refractivity contribution in [1.29, 1.82) is 0 Å². The Morgan fingerprint density at radius 3 is 2.44 bits per heavy atom. The van der Waals surface area contributed by atoms with Gasteiger partial charge < -0.3 is 10.5 Å². The molecule has 0 heterocycles. The highest BCUT2D eigenvalue weighted by Gasteiger charge is 2.43. The summed E-state index contributed by atoms with van der Waals surface area (Å²) in [6.07, 6.45) is 3.79. The summed E-state index contributed by atoms with van der Waals surface area (Å²) in [7, 11) is -1.93. The maximum atomic E-state index is 12.3. The minimum atomic E-state index is -3.48. The molecule has 3 N–H and O–H groups in total. The number of ether oxygens (including phenoxy) is 1. The van der Waals surface area contributed by atoms with Crippen molar-refractivity contribution in [3.8, 4) is 0 Å². The van der Waals surface area contributed by atoms with Crippen LogP contribution in [0.2, 0.25) is 0 Å². The summed E-state index contributed by atoms with van der Waals surface area (Å²) in [5.74, 6) is 0. The maximum absolute atomic E-state index is 12.3. The van der Waals surface area contributed by atoms with Crippen molar-refractivity contribution in [2.24, 2.45) is 5.73 Å². The van der Waals surface area contributed by atoms with E-state index in [0.29, 0.717) is 19.7 Å². The number of nitrogens with zero attached hydrogens (tertiary/aromatic N) is 1. The molecule has 0 spiro atoms. The average molecular weight is 279 g/mol. The van der Waals surface area contributed by atoms with E-state index in [1.54, 1.807) is 7.11 Å². The molecule has 0 aromatic carbocycles. The first-order valence-electron chi connectivity index (χ1n) is 6.49. The van der Waals surface area contributed by atoms with E-state index in [0.717, 1.165) is 25.7 Å².